The van der Waals surface area contributed by atoms with Gasteiger partial charge in [0.1, 0.15) is 16.2 Å². The number of aromatic nitrogens is 2. The van der Waals surface area contributed by atoms with Gasteiger partial charge >= 0.3 is 0 Å². The van der Waals surface area contributed by atoms with E-state index in [9.17, 15) is 0 Å². The van der Waals surface area contributed by atoms with Gasteiger partial charge in [0.15, 0.2) is 0 Å². The molecule has 0 aliphatic carbocycles. The molecule has 1 aromatic carbocycles. The fourth-order valence-corrected chi connectivity index (χ4v) is 2.33. The summed E-state index contributed by atoms with van der Waals surface area (Å²) in [7, 11) is 0. The third-order valence-corrected chi connectivity index (χ3v) is 3.24. The highest BCUT2D eigenvalue weighted by molar-refractivity contribution is 9.10. The number of ether oxygens (including phenoxy) is 1. The molecular weight excluding hydrogens is 318 g/mol. The second-order valence-electron chi connectivity index (χ2n) is 4.45. The third kappa shape index (κ3) is 3.14. The molecule has 102 valence electrons. The molecule has 0 saturated carbocycles. The van der Waals surface area contributed by atoms with Crippen molar-refractivity contribution in [3.63, 3.8) is 0 Å². The van der Waals surface area contributed by atoms with Crippen LogP contribution in [-0.4, -0.2) is 9.97 Å². The van der Waals surface area contributed by atoms with Gasteiger partial charge in [-0.15, -0.1) is 0 Å². The average molecular weight is 332 g/mol. The van der Waals surface area contributed by atoms with Gasteiger partial charge in [0.25, 0.3) is 0 Å². The second kappa shape index (κ2) is 6.02. The maximum atomic E-state index is 8.95. The molecule has 0 atom stereocenters. The highest BCUT2D eigenvalue weighted by Crippen LogP contribution is 2.29. The van der Waals surface area contributed by atoms with Crippen LogP contribution in [-0.2, 0) is 6.42 Å². The smallest absolute Gasteiger partial charge is 0.223 e. The number of benzene rings is 1. The second-order valence-corrected chi connectivity index (χ2v) is 5.26. The first-order valence-electron chi connectivity index (χ1n) is 6.26. The summed E-state index contributed by atoms with van der Waals surface area (Å²) < 4.78 is 6.57. The Hall–Kier alpha value is -1.93. The highest BCUT2D eigenvalue weighted by atomic mass is 79.9. The van der Waals surface area contributed by atoms with Crippen LogP contribution in [0.15, 0.2) is 22.8 Å². The normalized spacial score (nSPS) is 10.2. The zero-order valence-corrected chi connectivity index (χ0v) is 13.2. The summed E-state index contributed by atoms with van der Waals surface area (Å²) in [5.41, 5.74) is 2.45. The van der Waals surface area contributed by atoms with E-state index in [0.29, 0.717) is 16.0 Å². The first-order chi connectivity index (χ1) is 9.53. The Morgan fingerprint density at radius 3 is 2.40 bits per heavy atom. The zero-order valence-electron chi connectivity index (χ0n) is 11.6. The van der Waals surface area contributed by atoms with E-state index in [1.807, 2.05) is 20.8 Å². The standard InChI is InChI=1S/C15H14BrN3O/c1-4-13-18-12(16)7-14(19-13)20-15-9(2)5-11(8-17)6-10(15)3/h5-7H,4H2,1-3H3. The summed E-state index contributed by atoms with van der Waals surface area (Å²) in [4.78, 5) is 8.59. The van der Waals surface area contributed by atoms with E-state index in [1.54, 1.807) is 18.2 Å². The molecule has 0 radical (unpaired) electrons. The van der Waals surface area contributed by atoms with Crippen molar-refractivity contribution in [2.75, 3.05) is 0 Å². The van der Waals surface area contributed by atoms with Gasteiger partial charge in [-0.1, -0.05) is 6.92 Å². The topological polar surface area (TPSA) is 58.8 Å². The van der Waals surface area contributed by atoms with Crippen molar-refractivity contribution in [1.29, 1.82) is 5.26 Å². The van der Waals surface area contributed by atoms with Gasteiger partial charge in [0.05, 0.1) is 11.6 Å². The van der Waals surface area contributed by atoms with Crippen LogP contribution in [0.2, 0.25) is 0 Å². The molecule has 1 heterocycles. The van der Waals surface area contributed by atoms with E-state index < -0.39 is 0 Å². The molecule has 0 aliphatic heterocycles. The summed E-state index contributed by atoms with van der Waals surface area (Å²) in [5.74, 6) is 1.95. The van der Waals surface area contributed by atoms with Crippen LogP contribution in [0.1, 0.15) is 29.4 Å². The molecule has 2 rings (SSSR count). The SMILES string of the molecule is CCc1nc(Br)cc(Oc2c(C)cc(C#N)cc2C)n1. The lowest BCUT2D eigenvalue weighted by molar-refractivity contribution is 0.451. The van der Waals surface area contributed by atoms with E-state index in [0.717, 1.165) is 29.1 Å². The molecule has 0 fully saturated rings. The fraction of sp³-hybridized carbons (Fsp3) is 0.267. The predicted molar refractivity (Wildman–Crippen MR) is 79.8 cm³/mol. The number of nitrogens with zero attached hydrogens (tertiary/aromatic N) is 3. The van der Waals surface area contributed by atoms with Crippen LogP contribution in [0.25, 0.3) is 0 Å². The molecule has 0 saturated heterocycles. The van der Waals surface area contributed by atoms with E-state index in [4.69, 9.17) is 10.00 Å². The minimum atomic E-state index is 0.500. The van der Waals surface area contributed by atoms with Crippen molar-refractivity contribution in [3.05, 3.63) is 45.3 Å². The summed E-state index contributed by atoms with van der Waals surface area (Å²) in [6.07, 6.45) is 0.737. The molecule has 0 amide bonds. The van der Waals surface area contributed by atoms with Crippen molar-refractivity contribution in [3.8, 4) is 17.7 Å². The van der Waals surface area contributed by atoms with E-state index in [1.165, 1.54) is 0 Å². The van der Waals surface area contributed by atoms with E-state index in [-0.39, 0.29) is 0 Å². The average Bonchev–Trinajstić information content (AvgIpc) is 2.41. The molecular formula is C15H14BrN3O. The quantitative estimate of drug-likeness (QED) is 0.795. The molecule has 0 N–H and O–H groups in total. The summed E-state index contributed by atoms with van der Waals surface area (Å²) in [6, 6.07) is 7.48. The predicted octanol–water partition coefficient (Wildman–Crippen LogP) is 4.08. The number of rotatable bonds is 3. The number of aryl methyl sites for hydroxylation is 3. The number of halogens is 1. The van der Waals surface area contributed by atoms with E-state index >= 15 is 0 Å². The number of hydrogen-bond donors (Lipinski definition) is 0. The van der Waals surface area contributed by atoms with E-state index in [2.05, 4.69) is 32.0 Å². The van der Waals surface area contributed by atoms with Crippen LogP contribution >= 0.6 is 15.9 Å². The molecule has 0 spiro atoms. The summed E-state index contributed by atoms with van der Waals surface area (Å²) >= 11 is 3.35. The van der Waals surface area contributed by atoms with Crippen LogP contribution in [0.4, 0.5) is 0 Å². The van der Waals surface area contributed by atoms with Gasteiger partial charge in [-0.05, 0) is 53.0 Å². The molecule has 4 nitrogen and oxygen atoms in total. The Labute approximate surface area is 126 Å². The Morgan fingerprint density at radius 2 is 1.85 bits per heavy atom. The summed E-state index contributed by atoms with van der Waals surface area (Å²) in [6.45, 7) is 5.82. The zero-order chi connectivity index (χ0) is 14.7. The minimum absolute atomic E-state index is 0.500. The first-order valence-corrected chi connectivity index (χ1v) is 7.05. The minimum Gasteiger partial charge on any atom is -0.438 e. The van der Waals surface area contributed by atoms with Crippen LogP contribution in [0.3, 0.4) is 0 Å². The molecule has 5 heteroatoms. The number of hydrogen-bond acceptors (Lipinski definition) is 4. The summed E-state index contributed by atoms with van der Waals surface area (Å²) in [5, 5.41) is 8.95. The Bertz CT molecular complexity index is 669. The van der Waals surface area contributed by atoms with Crippen LogP contribution in [0.5, 0.6) is 11.6 Å². The lowest BCUT2D eigenvalue weighted by Gasteiger charge is -2.12. The Kier molecular flexibility index (Phi) is 4.35. The molecule has 2 aromatic rings. The highest BCUT2D eigenvalue weighted by Gasteiger charge is 2.10. The first kappa shape index (κ1) is 14.5. The van der Waals surface area contributed by atoms with Crippen molar-refractivity contribution >= 4 is 15.9 Å². The van der Waals surface area contributed by atoms with Crippen LogP contribution < -0.4 is 4.74 Å². The maximum Gasteiger partial charge on any atom is 0.223 e. The van der Waals surface area contributed by atoms with Crippen molar-refractivity contribution in [2.45, 2.75) is 27.2 Å². The molecule has 0 bridgehead atoms. The fourth-order valence-electron chi connectivity index (χ4n) is 1.93. The van der Waals surface area contributed by atoms with Crippen molar-refractivity contribution in [1.82, 2.24) is 9.97 Å². The van der Waals surface area contributed by atoms with Gasteiger partial charge < -0.3 is 4.74 Å². The maximum absolute atomic E-state index is 8.95. The van der Waals surface area contributed by atoms with Gasteiger partial charge in [0.2, 0.25) is 5.88 Å². The molecule has 0 aliphatic rings. The van der Waals surface area contributed by atoms with Gasteiger partial charge in [-0.2, -0.15) is 10.2 Å². The largest absolute Gasteiger partial charge is 0.438 e. The van der Waals surface area contributed by atoms with Gasteiger partial charge in [0, 0.05) is 12.5 Å². The number of nitriles is 1. The third-order valence-electron chi connectivity index (χ3n) is 2.83. The molecule has 1 aromatic heterocycles. The Balaban J connectivity index is 2.40. The molecule has 20 heavy (non-hydrogen) atoms. The lowest BCUT2D eigenvalue weighted by Crippen LogP contribution is -1.99. The van der Waals surface area contributed by atoms with Gasteiger partial charge in [-0.3, -0.25) is 0 Å². The monoisotopic (exact) mass is 331 g/mol. The Morgan fingerprint density at radius 1 is 1.20 bits per heavy atom. The lowest BCUT2D eigenvalue weighted by atomic mass is 10.1. The van der Waals surface area contributed by atoms with Crippen molar-refractivity contribution < 1.29 is 4.74 Å². The van der Waals surface area contributed by atoms with Crippen molar-refractivity contribution in [2.24, 2.45) is 0 Å². The molecule has 0 unspecified atom stereocenters. The van der Waals surface area contributed by atoms with Gasteiger partial charge in [-0.25, -0.2) is 4.98 Å². The van der Waals surface area contributed by atoms with Crippen LogP contribution in [0, 0.1) is 25.2 Å².